The van der Waals surface area contributed by atoms with E-state index >= 15 is 0 Å². The summed E-state index contributed by atoms with van der Waals surface area (Å²) in [5.74, 6) is 0.932. The number of aryl methyl sites for hydroxylation is 1. The molecule has 0 atom stereocenters. The molecule has 3 rings (SSSR count). The van der Waals surface area contributed by atoms with E-state index < -0.39 is 0 Å². The number of nitrogens with zero attached hydrogens (tertiary/aromatic N) is 2. The van der Waals surface area contributed by atoms with Crippen molar-refractivity contribution in [3.8, 4) is 0 Å². The number of ether oxygens (including phenoxy) is 1. The van der Waals surface area contributed by atoms with Crippen molar-refractivity contribution in [2.75, 3.05) is 18.5 Å². The summed E-state index contributed by atoms with van der Waals surface area (Å²) in [5, 5.41) is 10.0. The van der Waals surface area contributed by atoms with Crippen LogP contribution in [0.25, 0.3) is 0 Å². The number of rotatable bonds is 4. The van der Waals surface area contributed by atoms with Crippen molar-refractivity contribution >= 4 is 11.7 Å². The summed E-state index contributed by atoms with van der Waals surface area (Å²) in [6.45, 7) is 3.54. The van der Waals surface area contributed by atoms with Crippen molar-refractivity contribution in [3.05, 3.63) is 41.3 Å². The molecule has 6 heteroatoms. The maximum Gasteiger partial charge on any atom is 0.230 e. The van der Waals surface area contributed by atoms with E-state index in [0.29, 0.717) is 18.2 Å². The first-order valence-corrected chi connectivity index (χ1v) is 7.55. The molecule has 116 valence electrons. The predicted molar refractivity (Wildman–Crippen MR) is 82.7 cm³/mol. The van der Waals surface area contributed by atoms with E-state index in [1.54, 1.807) is 12.4 Å². The van der Waals surface area contributed by atoms with Crippen LogP contribution in [0.2, 0.25) is 0 Å². The molecule has 2 aromatic rings. The standard InChI is InChI=1S/C16H20N4O2/c1-11-2-5-17-10-13(11)8-16(21)18-15-9-14(19-20-15)12-3-6-22-7-4-12/h2,5,9-10,12H,3-4,6-8H2,1H3,(H2,18,19,20,21). The molecule has 6 nitrogen and oxygen atoms in total. The molecule has 0 spiro atoms. The second-order valence-corrected chi connectivity index (χ2v) is 5.62. The minimum absolute atomic E-state index is 0.0823. The van der Waals surface area contributed by atoms with Crippen molar-refractivity contribution in [3.63, 3.8) is 0 Å². The SMILES string of the molecule is Cc1ccncc1CC(=O)Nc1cc(C2CCOCC2)[nH]n1. The molecule has 2 aromatic heterocycles. The van der Waals surface area contributed by atoms with E-state index in [0.717, 1.165) is 42.9 Å². The summed E-state index contributed by atoms with van der Waals surface area (Å²) < 4.78 is 5.36. The van der Waals surface area contributed by atoms with Crippen molar-refractivity contribution in [2.24, 2.45) is 0 Å². The van der Waals surface area contributed by atoms with Gasteiger partial charge in [-0.2, -0.15) is 5.10 Å². The highest BCUT2D eigenvalue weighted by Crippen LogP contribution is 2.26. The topological polar surface area (TPSA) is 79.9 Å². The quantitative estimate of drug-likeness (QED) is 0.907. The molecule has 0 unspecified atom stereocenters. The molecular formula is C16H20N4O2. The van der Waals surface area contributed by atoms with Gasteiger partial charge in [0.15, 0.2) is 5.82 Å². The highest BCUT2D eigenvalue weighted by molar-refractivity contribution is 5.91. The summed E-state index contributed by atoms with van der Waals surface area (Å²) >= 11 is 0. The number of aromatic amines is 1. The van der Waals surface area contributed by atoms with Gasteiger partial charge in [-0.05, 0) is 37.0 Å². The van der Waals surface area contributed by atoms with Gasteiger partial charge in [0.25, 0.3) is 0 Å². The summed E-state index contributed by atoms with van der Waals surface area (Å²) in [6, 6.07) is 3.82. The van der Waals surface area contributed by atoms with Gasteiger partial charge in [0.1, 0.15) is 0 Å². The first-order valence-electron chi connectivity index (χ1n) is 7.55. The Kier molecular flexibility index (Phi) is 4.48. The lowest BCUT2D eigenvalue weighted by Gasteiger charge is -2.20. The molecule has 1 amide bonds. The van der Waals surface area contributed by atoms with E-state index in [4.69, 9.17) is 4.74 Å². The van der Waals surface area contributed by atoms with Gasteiger partial charge < -0.3 is 10.1 Å². The fourth-order valence-electron chi connectivity index (χ4n) is 2.66. The van der Waals surface area contributed by atoms with Gasteiger partial charge in [0, 0.05) is 43.3 Å². The van der Waals surface area contributed by atoms with Crippen LogP contribution in [0.3, 0.4) is 0 Å². The fourth-order valence-corrected chi connectivity index (χ4v) is 2.66. The number of carbonyl (C=O) groups is 1. The lowest BCUT2D eigenvalue weighted by Crippen LogP contribution is -2.15. The Balaban J connectivity index is 1.60. The Hall–Kier alpha value is -2.21. The third kappa shape index (κ3) is 3.51. The Morgan fingerprint density at radius 1 is 1.45 bits per heavy atom. The molecule has 2 N–H and O–H groups in total. The van der Waals surface area contributed by atoms with Gasteiger partial charge >= 0.3 is 0 Å². The predicted octanol–water partition coefficient (Wildman–Crippen LogP) is 2.19. The number of carbonyl (C=O) groups excluding carboxylic acids is 1. The number of anilines is 1. The van der Waals surface area contributed by atoms with E-state index in [9.17, 15) is 4.79 Å². The van der Waals surface area contributed by atoms with Crippen LogP contribution in [0, 0.1) is 6.92 Å². The van der Waals surface area contributed by atoms with Crippen molar-refractivity contribution < 1.29 is 9.53 Å². The minimum Gasteiger partial charge on any atom is -0.381 e. The van der Waals surface area contributed by atoms with Crippen molar-refractivity contribution in [1.29, 1.82) is 0 Å². The lowest BCUT2D eigenvalue weighted by molar-refractivity contribution is -0.115. The third-order valence-electron chi connectivity index (χ3n) is 4.02. The molecule has 1 saturated heterocycles. The Bertz CT molecular complexity index is 647. The number of hydrogen-bond acceptors (Lipinski definition) is 4. The average Bonchev–Trinajstić information content (AvgIpc) is 2.99. The zero-order chi connectivity index (χ0) is 15.4. The zero-order valence-corrected chi connectivity index (χ0v) is 12.6. The highest BCUT2D eigenvalue weighted by Gasteiger charge is 2.18. The Morgan fingerprint density at radius 2 is 2.27 bits per heavy atom. The summed E-state index contributed by atoms with van der Waals surface area (Å²) in [5.41, 5.74) is 3.06. The van der Waals surface area contributed by atoms with Crippen molar-refractivity contribution in [1.82, 2.24) is 15.2 Å². The molecule has 1 fully saturated rings. The number of amides is 1. The van der Waals surface area contributed by atoms with E-state index in [-0.39, 0.29) is 5.91 Å². The van der Waals surface area contributed by atoms with Gasteiger partial charge in [0.2, 0.25) is 5.91 Å². The van der Waals surface area contributed by atoms with Crippen LogP contribution in [0.15, 0.2) is 24.5 Å². The van der Waals surface area contributed by atoms with Gasteiger partial charge in [-0.1, -0.05) is 0 Å². The van der Waals surface area contributed by atoms with Crippen LogP contribution in [-0.4, -0.2) is 34.3 Å². The maximum atomic E-state index is 12.1. The van der Waals surface area contributed by atoms with Gasteiger partial charge in [-0.3, -0.25) is 14.9 Å². The van der Waals surface area contributed by atoms with Crippen LogP contribution in [0.4, 0.5) is 5.82 Å². The Morgan fingerprint density at radius 3 is 3.05 bits per heavy atom. The smallest absolute Gasteiger partial charge is 0.230 e. The number of pyridine rings is 1. The average molecular weight is 300 g/mol. The van der Waals surface area contributed by atoms with Crippen molar-refractivity contribution in [2.45, 2.75) is 32.1 Å². The highest BCUT2D eigenvalue weighted by atomic mass is 16.5. The molecular weight excluding hydrogens is 280 g/mol. The third-order valence-corrected chi connectivity index (χ3v) is 4.02. The first kappa shape index (κ1) is 14.7. The number of hydrogen-bond donors (Lipinski definition) is 2. The normalized spacial score (nSPS) is 15.7. The van der Waals surface area contributed by atoms with E-state index in [1.165, 1.54) is 0 Å². The van der Waals surface area contributed by atoms with E-state index in [1.807, 2.05) is 19.1 Å². The lowest BCUT2D eigenvalue weighted by atomic mass is 9.97. The molecule has 22 heavy (non-hydrogen) atoms. The molecule has 0 radical (unpaired) electrons. The second kappa shape index (κ2) is 6.70. The molecule has 1 aliphatic heterocycles. The number of H-pyrrole nitrogens is 1. The van der Waals surface area contributed by atoms with Gasteiger partial charge in [-0.15, -0.1) is 0 Å². The van der Waals surface area contributed by atoms with Crippen LogP contribution in [-0.2, 0) is 16.0 Å². The van der Waals surface area contributed by atoms with Crippen LogP contribution < -0.4 is 5.32 Å². The second-order valence-electron chi connectivity index (χ2n) is 5.62. The fraction of sp³-hybridized carbons (Fsp3) is 0.438. The molecule has 0 saturated carbocycles. The number of nitrogens with one attached hydrogen (secondary N) is 2. The van der Waals surface area contributed by atoms with E-state index in [2.05, 4.69) is 20.5 Å². The molecule has 0 aliphatic carbocycles. The minimum atomic E-state index is -0.0823. The monoisotopic (exact) mass is 300 g/mol. The maximum absolute atomic E-state index is 12.1. The summed E-state index contributed by atoms with van der Waals surface area (Å²) in [7, 11) is 0. The molecule has 3 heterocycles. The summed E-state index contributed by atoms with van der Waals surface area (Å²) in [6.07, 6.45) is 5.74. The van der Waals surface area contributed by atoms with Crippen LogP contribution in [0.5, 0.6) is 0 Å². The summed E-state index contributed by atoms with van der Waals surface area (Å²) in [4.78, 5) is 16.2. The van der Waals surface area contributed by atoms with Gasteiger partial charge in [-0.25, -0.2) is 0 Å². The van der Waals surface area contributed by atoms with Gasteiger partial charge in [0.05, 0.1) is 6.42 Å². The largest absolute Gasteiger partial charge is 0.381 e. The molecule has 0 bridgehead atoms. The number of aromatic nitrogens is 3. The first-order chi connectivity index (χ1) is 10.7. The zero-order valence-electron chi connectivity index (χ0n) is 12.6. The molecule has 1 aliphatic rings. The van der Waals surface area contributed by atoms with Crippen LogP contribution in [0.1, 0.15) is 35.6 Å². The van der Waals surface area contributed by atoms with Crippen LogP contribution >= 0.6 is 0 Å². The molecule has 0 aromatic carbocycles. The Labute approximate surface area is 129 Å².